The molecule has 0 aromatic rings. The fourth-order valence-electron chi connectivity index (χ4n) is 1.54. The van der Waals surface area contributed by atoms with E-state index in [9.17, 15) is 0 Å². The molecule has 1 heterocycles. The smallest absolute Gasteiger partial charge is 0.117 e. The summed E-state index contributed by atoms with van der Waals surface area (Å²) in [6, 6.07) is 2.30. The van der Waals surface area contributed by atoms with Crippen molar-refractivity contribution in [1.29, 1.82) is 5.26 Å². The highest BCUT2D eigenvalue weighted by atomic mass is 32.1. The van der Waals surface area contributed by atoms with Crippen molar-refractivity contribution >= 4 is 17.2 Å². The Morgan fingerprint density at radius 1 is 1.67 bits per heavy atom. The number of likely N-dealkylation sites (tertiary alicyclic amines) is 1. The molecule has 1 saturated heterocycles. The van der Waals surface area contributed by atoms with Gasteiger partial charge in [-0.2, -0.15) is 5.26 Å². The van der Waals surface area contributed by atoms with Gasteiger partial charge in [0.05, 0.1) is 11.1 Å². The Hall–Kier alpha value is -0.620. The van der Waals surface area contributed by atoms with Crippen molar-refractivity contribution in [3.8, 4) is 6.07 Å². The molecule has 1 aliphatic rings. The van der Waals surface area contributed by atoms with Crippen molar-refractivity contribution in [3.63, 3.8) is 0 Å². The predicted molar refractivity (Wildman–Crippen MR) is 52.8 cm³/mol. The number of piperidine rings is 1. The van der Waals surface area contributed by atoms with Gasteiger partial charge in [-0.3, -0.25) is 0 Å². The lowest BCUT2D eigenvalue weighted by molar-refractivity contribution is 0.327. The molecule has 2 nitrogen and oxygen atoms in total. The molecule has 66 valence electrons. The molecule has 1 rings (SSSR count). The largest absolute Gasteiger partial charge is 0.350 e. The van der Waals surface area contributed by atoms with Gasteiger partial charge >= 0.3 is 0 Å². The number of hydrogen-bond acceptors (Lipinski definition) is 2. The van der Waals surface area contributed by atoms with Gasteiger partial charge in [-0.1, -0.05) is 19.1 Å². The van der Waals surface area contributed by atoms with Crippen LogP contribution in [0.4, 0.5) is 0 Å². The lowest BCUT2D eigenvalue weighted by Crippen LogP contribution is -2.41. The first-order valence-corrected chi connectivity index (χ1v) is 4.89. The molecule has 0 aliphatic carbocycles. The quantitative estimate of drug-likeness (QED) is 0.612. The second-order valence-corrected chi connectivity index (χ2v) is 3.57. The van der Waals surface area contributed by atoms with Crippen LogP contribution in [-0.4, -0.2) is 22.5 Å². The second kappa shape index (κ2) is 4.42. The van der Waals surface area contributed by atoms with Gasteiger partial charge in [0.15, 0.2) is 0 Å². The fraction of sp³-hybridized carbons (Fsp3) is 0.778. The average Bonchev–Trinajstić information content (AvgIpc) is 2.10. The Bertz CT molecular complexity index is 207. The van der Waals surface area contributed by atoms with Crippen LogP contribution in [0.3, 0.4) is 0 Å². The van der Waals surface area contributed by atoms with E-state index < -0.39 is 0 Å². The van der Waals surface area contributed by atoms with Gasteiger partial charge in [-0.05, 0) is 25.7 Å². The molecule has 1 unspecified atom stereocenters. The van der Waals surface area contributed by atoms with Gasteiger partial charge < -0.3 is 4.90 Å². The molecule has 12 heavy (non-hydrogen) atoms. The van der Waals surface area contributed by atoms with E-state index in [1.54, 1.807) is 0 Å². The van der Waals surface area contributed by atoms with Gasteiger partial charge in [-0.15, -0.1) is 0 Å². The zero-order chi connectivity index (χ0) is 8.97. The van der Waals surface area contributed by atoms with Gasteiger partial charge in [0, 0.05) is 6.54 Å². The molecule has 1 aliphatic heterocycles. The van der Waals surface area contributed by atoms with Gasteiger partial charge in [-0.25, -0.2) is 0 Å². The second-order valence-electron chi connectivity index (χ2n) is 3.10. The van der Waals surface area contributed by atoms with Crippen LogP contribution in [0, 0.1) is 11.3 Å². The molecule has 0 amide bonds. The van der Waals surface area contributed by atoms with Gasteiger partial charge in [0.1, 0.15) is 6.04 Å². The minimum Gasteiger partial charge on any atom is -0.350 e. The maximum absolute atomic E-state index is 8.84. The van der Waals surface area contributed by atoms with E-state index in [0.29, 0.717) is 0 Å². The third-order valence-corrected chi connectivity index (χ3v) is 2.71. The van der Waals surface area contributed by atoms with Crippen molar-refractivity contribution in [2.45, 2.75) is 38.6 Å². The van der Waals surface area contributed by atoms with E-state index in [1.165, 1.54) is 12.8 Å². The van der Waals surface area contributed by atoms with Crippen molar-refractivity contribution in [3.05, 3.63) is 0 Å². The first-order chi connectivity index (χ1) is 5.79. The molecule has 3 heteroatoms. The summed E-state index contributed by atoms with van der Waals surface area (Å²) in [5.74, 6) is 0. The van der Waals surface area contributed by atoms with Crippen LogP contribution in [-0.2, 0) is 0 Å². The summed E-state index contributed by atoms with van der Waals surface area (Å²) in [7, 11) is 0. The maximum Gasteiger partial charge on any atom is 0.117 e. The highest BCUT2D eigenvalue weighted by molar-refractivity contribution is 7.80. The molecule has 0 radical (unpaired) electrons. The van der Waals surface area contributed by atoms with Crippen molar-refractivity contribution in [1.82, 2.24) is 4.90 Å². The SMILES string of the molecule is CCC(C#N)N1CCCCC1=S. The normalized spacial score (nSPS) is 20.3. The third-order valence-electron chi connectivity index (χ3n) is 2.27. The van der Waals surface area contributed by atoms with Crippen LogP contribution in [0.5, 0.6) is 0 Å². The van der Waals surface area contributed by atoms with Crippen LogP contribution < -0.4 is 0 Å². The first kappa shape index (κ1) is 9.47. The number of nitrogens with zero attached hydrogens (tertiary/aromatic N) is 2. The molecule has 0 spiro atoms. The summed E-state index contributed by atoms with van der Waals surface area (Å²) < 4.78 is 0. The van der Waals surface area contributed by atoms with Gasteiger partial charge in [0.25, 0.3) is 0 Å². The van der Waals surface area contributed by atoms with Crippen molar-refractivity contribution in [2.24, 2.45) is 0 Å². The van der Waals surface area contributed by atoms with E-state index in [2.05, 4.69) is 11.0 Å². The Morgan fingerprint density at radius 2 is 2.42 bits per heavy atom. The number of thiocarbonyl (C=S) groups is 1. The standard InChI is InChI=1S/C9H14N2S/c1-2-8(7-10)11-6-4-3-5-9(11)12/h8H,2-6H2,1H3. The molecule has 0 saturated carbocycles. The van der Waals surface area contributed by atoms with E-state index >= 15 is 0 Å². The topological polar surface area (TPSA) is 27.0 Å². The number of hydrogen-bond donors (Lipinski definition) is 0. The van der Waals surface area contributed by atoms with Crippen LogP contribution in [0.15, 0.2) is 0 Å². The Morgan fingerprint density at radius 3 is 2.92 bits per heavy atom. The average molecular weight is 182 g/mol. The Kier molecular flexibility index (Phi) is 3.48. The molecule has 0 bridgehead atoms. The molecule has 0 N–H and O–H groups in total. The lowest BCUT2D eigenvalue weighted by atomic mass is 10.1. The molecular weight excluding hydrogens is 168 g/mol. The highest BCUT2D eigenvalue weighted by Crippen LogP contribution is 2.16. The molecular formula is C9H14N2S. The zero-order valence-electron chi connectivity index (χ0n) is 7.42. The summed E-state index contributed by atoms with van der Waals surface area (Å²) in [5.41, 5.74) is 0. The summed E-state index contributed by atoms with van der Waals surface area (Å²) in [6.45, 7) is 3.01. The van der Waals surface area contributed by atoms with Crippen molar-refractivity contribution in [2.75, 3.05) is 6.54 Å². The molecule has 0 aromatic carbocycles. The van der Waals surface area contributed by atoms with Crippen LogP contribution >= 0.6 is 12.2 Å². The fourth-order valence-corrected chi connectivity index (χ4v) is 1.90. The molecule has 1 fully saturated rings. The molecule has 1 atom stereocenters. The Balaban J connectivity index is 2.59. The number of nitriles is 1. The van der Waals surface area contributed by atoms with E-state index in [4.69, 9.17) is 17.5 Å². The minimum atomic E-state index is 0.0119. The summed E-state index contributed by atoms with van der Waals surface area (Å²) >= 11 is 5.21. The first-order valence-electron chi connectivity index (χ1n) is 4.48. The summed E-state index contributed by atoms with van der Waals surface area (Å²) in [4.78, 5) is 3.06. The van der Waals surface area contributed by atoms with Crippen LogP contribution in [0.2, 0.25) is 0 Å². The summed E-state index contributed by atoms with van der Waals surface area (Å²) in [6.07, 6.45) is 4.24. The van der Waals surface area contributed by atoms with Crippen LogP contribution in [0.25, 0.3) is 0 Å². The monoisotopic (exact) mass is 182 g/mol. The van der Waals surface area contributed by atoms with Crippen molar-refractivity contribution < 1.29 is 0 Å². The number of rotatable bonds is 2. The maximum atomic E-state index is 8.84. The van der Waals surface area contributed by atoms with Gasteiger partial charge in [0.2, 0.25) is 0 Å². The predicted octanol–water partition coefficient (Wildman–Crippen LogP) is 2.10. The molecule has 0 aromatic heterocycles. The Labute approximate surface area is 79.2 Å². The van der Waals surface area contributed by atoms with Crippen LogP contribution in [0.1, 0.15) is 32.6 Å². The third kappa shape index (κ3) is 1.95. The van der Waals surface area contributed by atoms with E-state index in [-0.39, 0.29) is 6.04 Å². The minimum absolute atomic E-state index is 0.0119. The lowest BCUT2D eigenvalue weighted by Gasteiger charge is -2.32. The summed E-state index contributed by atoms with van der Waals surface area (Å²) in [5, 5.41) is 8.84. The van der Waals surface area contributed by atoms with E-state index in [1.807, 2.05) is 6.92 Å². The highest BCUT2D eigenvalue weighted by Gasteiger charge is 2.21. The van der Waals surface area contributed by atoms with E-state index in [0.717, 1.165) is 24.4 Å². The zero-order valence-corrected chi connectivity index (χ0v) is 8.23.